The number of aromatic nitrogens is 2. The van der Waals surface area contributed by atoms with Gasteiger partial charge in [-0.2, -0.15) is 0 Å². The minimum Gasteiger partial charge on any atom is -0.493 e. The Labute approximate surface area is 186 Å². The van der Waals surface area contributed by atoms with Crippen molar-refractivity contribution in [2.24, 2.45) is 0 Å². The first-order valence-electron chi connectivity index (χ1n) is 9.89. The van der Waals surface area contributed by atoms with Gasteiger partial charge in [0.1, 0.15) is 17.3 Å². The van der Waals surface area contributed by atoms with Crippen LogP contribution in [0.2, 0.25) is 0 Å². The minimum atomic E-state index is -2.95. The largest absolute Gasteiger partial charge is 0.493 e. The highest BCUT2D eigenvalue weighted by molar-refractivity contribution is 5.96. The Hall–Kier alpha value is -3.95. The Kier molecular flexibility index (Phi) is 5.75. The van der Waals surface area contributed by atoms with E-state index in [-0.39, 0.29) is 11.1 Å². The van der Waals surface area contributed by atoms with E-state index in [4.69, 9.17) is 9.47 Å². The van der Waals surface area contributed by atoms with Crippen molar-refractivity contribution in [3.63, 3.8) is 0 Å². The second kappa shape index (κ2) is 8.53. The van der Waals surface area contributed by atoms with Gasteiger partial charge in [0.25, 0.3) is 6.43 Å². The molecule has 0 fully saturated rings. The van der Waals surface area contributed by atoms with Crippen LogP contribution in [0.5, 0.6) is 11.5 Å². The predicted octanol–water partition coefficient (Wildman–Crippen LogP) is 5.45. The van der Waals surface area contributed by atoms with E-state index >= 15 is 0 Å². The van der Waals surface area contributed by atoms with Crippen LogP contribution in [0.3, 0.4) is 0 Å². The molecule has 172 valence electrons. The van der Waals surface area contributed by atoms with Crippen LogP contribution in [0.25, 0.3) is 16.6 Å². The first-order valence-corrected chi connectivity index (χ1v) is 9.89. The number of methoxy groups -OCH3 is 2. The molecule has 0 aliphatic heterocycles. The van der Waals surface area contributed by atoms with Gasteiger partial charge < -0.3 is 19.9 Å². The van der Waals surface area contributed by atoms with E-state index < -0.39 is 29.8 Å². The summed E-state index contributed by atoms with van der Waals surface area (Å²) in [5, 5.41) is 13.0. The van der Waals surface area contributed by atoms with Crippen molar-refractivity contribution < 1.29 is 32.5 Å². The number of anilines is 1. The van der Waals surface area contributed by atoms with Crippen LogP contribution in [0.15, 0.2) is 42.6 Å². The first-order chi connectivity index (χ1) is 15.7. The Morgan fingerprint density at radius 2 is 1.79 bits per heavy atom. The maximum absolute atomic E-state index is 14.7. The summed E-state index contributed by atoms with van der Waals surface area (Å²) in [7, 11) is 2.94. The standard InChI is InChI=1S/C23H20F3N3O4/c1-11(13-5-4-6-14(20(13)24)21(25)26)27-22-15-8-17(32-2)18(33-3)9-16(15)29-10-12(23(30)31)7-19(29)28-22/h4-11,21H,1-3H3,(H,27,28)(H,30,31)/t11-/m1/s1. The van der Waals surface area contributed by atoms with E-state index in [9.17, 15) is 23.1 Å². The first kappa shape index (κ1) is 22.3. The number of aromatic carboxylic acids is 1. The number of alkyl halides is 2. The molecule has 0 aliphatic carbocycles. The molecule has 0 radical (unpaired) electrons. The lowest BCUT2D eigenvalue weighted by Gasteiger charge is -2.20. The Morgan fingerprint density at radius 3 is 2.42 bits per heavy atom. The van der Waals surface area contributed by atoms with Crippen LogP contribution in [-0.4, -0.2) is 34.7 Å². The summed E-state index contributed by atoms with van der Waals surface area (Å²) in [6.07, 6.45) is -1.52. The summed E-state index contributed by atoms with van der Waals surface area (Å²) in [6, 6.07) is 7.82. The van der Waals surface area contributed by atoms with Gasteiger partial charge >= 0.3 is 5.97 Å². The lowest BCUT2D eigenvalue weighted by molar-refractivity contribution is 0.0697. The van der Waals surface area contributed by atoms with E-state index in [0.29, 0.717) is 33.9 Å². The van der Waals surface area contributed by atoms with Crippen LogP contribution in [0.1, 0.15) is 40.9 Å². The maximum Gasteiger partial charge on any atom is 0.337 e. The molecule has 0 aliphatic rings. The predicted molar refractivity (Wildman–Crippen MR) is 116 cm³/mol. The summed E-state index contributed by atoms with van der Waals surface area (Å²) in [4.78, 5) is 16.0. The topological polar surface area (TPSA) is 85.1 Å². The van der Waals surface area contributed by atoms with E-state index in [0.717, 1.165) is 6.07 Å². The molecule has 0 spiro atoms. The number of fused-ring (bicyclic) bond motifs is 3. The molecule has 0 unspecified atom stereocenters. The van der Waals surface area contributed by atoms with E-state index in [1.807, 2.05) is 0 Å². The number of benzene rings is 2. The second-order valence-corrected chi connectivity index (χ2v) is 7.36. The van der Waals surface area contributed by atoms with Crippen molar-refractivity contribution in [2.75, 3.05) is 19.5 Å². The molecule has 7 nitrogen and oxygen atoms in total. The van der Waals surface area contributed by atoms with Gasteiger partial charge in [-0.05, 0) is 19.1 Å². The van der Waals surface area contributed by atoms with Crippen molar-refractivity contribution in [3.8, 4) is 11.5 Å². The lowest BCUT2D eigenvalue weighted by atomic mass is 10.0. The van der Waals surface area contributed by atoms with Gasteiger partial charge in [0.15, 0.2) is 11.5 Å². The number of carboxylic acid groups (broad SMARTS) is 1. The van der Waals surface area contributed by atoms with E-state index in [1.54, 1.807) is 23.5 Å². The van der Waals surface area contributed by atoms with Crippen LogP contribution in [0, 0.1) is 5.82 Å². The van der Waals surface area contributed by atoms with Gasteiger partial charge in [0, 0.05) is 23.2 Å². The average molecular weight is 459 g/mol. The van der Waals surface area contributed by atoms with Crippen LogP contribution in [-0.2, 0) is 0 Å². The highest BCUT2D eigenvalue weighted by Gasteiger charge is 2.22. The number of carboxylic acids is 1. The number of nitrogens with zero attached hydrogens (tertiary/aromatic N) is 2. The molecule has 0 amide bonds. The molecule has 10 heteroatoms. The smallest absolute Gasteiger partial charge is 0.337 e. The van der Waals surface area contributed by atoms with Gasteiger partial charge in [0.05, 0.1) is 36.9 Å². The zero-order chi connectivity index (χ0) is 23.9. The summed E-state index contributed by atoms with van der Waals surface area (Å²) in [5.41, 5.74) is 0.271. The van der Waals surface area contributed by atoms with Crippen molar-refractivity contribution in [1.29, 1.82) is 0 Å². The molecular weight excluding hydrogens is 439 g/mol. The average Bonchev–Trinajstić information content (AvgIpc) is 3.22. The van der Waals surface area contributed by atoms with Gasteiger partial charge in [0.2, 0.25) is 0 Å². The van der Waals surface area contributed by atoms with Crippen molar-refractivity contribution >= 4 is 28.3 Å². The van der Waals surface area contributed by atoms with Crippen LogP contribution < -0.4 is 14.8 Å². The summed E-state index contributed by atoms with van der Waals surface area (Å²) in [6.45, 7) is 1.62. The van der Waals surface area contributed by atoms with Crippen LogP contribution >= 0.6 is 0 Å². The highest BCUT2D eigenvalue weighted by atomic mass is 19.3. The number of carbonyl (C=O) groups is 1. The van der Waals surface area contributed by atoms with Crippen molar-refractivity contribution in [1.82, 2.24) is 9.38 Å². The monoisotopic (exact) mass is 459 g/mol. The van der Waals surface area contributed by atoms with Crippen molar-refractivity contribution in [3.05, 3.63) is 65.1 Å². The third-order valence-corrected chi connectivity index (χ3v) is 5.40. The summed E-state index contributed by atoms with van der Waals surface area (Å²) < 4.78 is 53.4. The molecule has 2 heterocycles. The molecule has 0 saturated carbocycles. The third-order valence-electron chi connectivity index (χ3n) is 5.40. The fourth-order valence-electron chi connectivity index (χ4n) is 3.74. The van der Waals surface area contributed by atoms with Crippen LogP contribution in [0.4, 0.5) is 19.0 Å². The second-order valence-electron chi connectivity index (χ2n) is 7.36. The molecule has 2 aromatic heterocycles. The zero-order valence-corrected chi connectivity index (χ0v) is 17.9. The minimum absolute atomic E-state index is 0.0273. The maximum atomic E-state index is 14.7. The number of hydrogen-bond donors (Lipinski definition) is 2. The number of nitrogens with one attached hydrogen (secondary N) is 1. The third kappa shape index (κ3) is 3.88. The normalized spacial score (nSPS) is 12.3. The quantitative estimate of drug-likeness (QED) is 0.382. The Balaban J connectivity index is 1.90. The molecule has 0 saturated heterocycles. The SMILES string of the molecule is COc1cc2c(N[C@H](C)c3cccc(C(F)F)c3F)nc3cc(C(=O)O)cn3c2cc1OC. The molecule has 33 heavy (non-hydrogen) atoms. The number of hydrogen-bond acceptors (Lipinski definition) is 5. The molecule has 4 rings (SSSR count). The fourth-order valence-corrected chi connectivity index (χ4v) is 3.74. The number of rotatable bonds is 7. The van der Waals surface area contributed by atoms with E-state index in [1.165, 1.54) is 38.6 Å². The number of halogens is 3. The molecule has 4 aromatic rings. The molecule has 0 bridgehead atoms. The molecule has 2 N–H and O–H groups in total. The van der Waals surface area contributed by atoms with Gasteiger partial charge in [-0.25, -0.2) is 22.9 Å². The zero-order valence-electron chi connectivity index (χ0n) is 17.9. The van der Waals surface area contributed by atoms with E-state index in [2.05, 4.69) is 10.3 Å². The van der Waals surface area contributed by atoms with Gasteiger partial charge in [-0.1, -0.05) is 18.2 Å². The Bertz CT molecular complexity index is 1370. The highest BCUT2D eigenvalue weighted by Crippen LogP contribution is 2.37. The van der Waals surface area contributed by atoms with Crippen molar-refractivity contribution in [2.45, 2.75) is 19.4 Å². The fraction of sp³-hybridized carbons (Fsp3) is 0.217. The lowest BCUT2D eigenvalue weighted by Crippen LogP contribution is -2.12. The molecule has 2 aromatic carbocycles. The molecular formula is C23H20F3N3O4. The summed E-state index contributed by atoms with van der Waals surface area (Å²) in [5.74, 6) is -1.00. The molecule has 1 atom stereocenters. The Morgan fingerprint density at radius 1 is 1.12 bits per heavy atom. The van der Waals surface area contributed by atoms with Gasteiger partial charge in [-0.15, -0.1) is 0 Å². The van der Waals surface area contributed by atoms with Gasteiger partial charge in [-0.3, -0.25) is 4.40 Å². The summed E-state index contributed by atoms with van der Waals surface area (Å²) >= 11 is 0. The number of ether oxygens (including phenoxy) is 2.